The predicted molar refractivity (Wildman–Crippen MR) is 86.9 cm³/mol. The van der Waals surface area contributed by atoms with Crippen LogP contribution in [0, 0.1) is 0 Å². The number of carbonyl (C=O) groups is 2. The number of hydrogen-bond acceptors (Lipinski definition) is 3. The van der Waals surface area contributed by atoms with Gasteiger partial charge in [-0.3, -0.25) is 14.6 Å². The van der Waals surface area contributed by atoms with Gasteiger partial charge in [0.05, 0.1) is 5.56 Å². The van der Waals surface area contributed by atoms with Crippen LogP contribution in [0.15, 0.2) is 48.8 Å². The number of pyridine rings is 1. The largest absolute Gasteiger partial charge is 0.351 e. The number of rotatable bonds is 4. The van der Waals surface area contributed by atoms with Crippen molar-refractivity contribution in [2.45, 2.75) is 31.8 Å². The van der Waals surface area contributed by atoms with Crippen LogP contribution >= 0.6 is 0 Å². The van der Waals surface area contributed by atoms with Gasteiger partial charge in [0.15, 0.2) is 0 Å². The highest BCUT2D eigenvalue weighted by atomic mass is 16.2. The highest BCUT2D eigenvalue weighted by Gasteiger charge is 2.25. The molecule has 0 bridgehead atoms. The molecule has 0 saturated carbocycles. The van der Waals surface area contributed by atoms with Crippen molar-refractivity contribution in [1.29, 1.82) is 0 Å². The van der Waals surface area contributed by atoms with Gasteiger partial charge < -0.3 is 10.6 Å². The fourth-order valence-electron chi connectivity index (χ4n) is 2.83. The van der Waals surface area contributed by atoms with Gasteiger partial charge >= 0.3 is 0 Å². The standard InChI is InChI=1S/C18H19N3O2/c1-12(20-18(23)15-7-4-8-19-11-15)17(22)21-16-9-13-5-2-3-6-14(13)10-16/h2-8,11-12,16H,9-10H2,1H3,(H,20,23)(H,21,22)/t12-/m1/s1. The van der Waals surface area contributed by atoms with Crippen LogP contribution in [0.5, 0.6) is 0 Å². The van der Waals surface area contributed by atoms with Crippen LogP contribution in [-0.2, 0) is 17.6 Å². The van der Waals surface area contributed by atoms with E-state index in [2.05, 4.69) is 27.8 Å². The van der Waals surface area contributed by atoms with E-state index in [1.165, 1.54) is 17.3 Å². The van der Waals surface area contributed by atoms with Crippen LogP contribution in [0.4, 0.5) is 0 Å². The average molecular weight is 309 g/mol. The van der Waals surface area contributed by atoms with Gasteiger partial charge in [0.2, 0.25) is 5.91 Å². The van der Waals surface area contributed by atoms with E-state index in [9.17, 15) is 9.59 Å². The third-order valence-corrected chi connectivity index (χ3v) is 4.06. The summed E-state index contributed by atoms with van der Waals surface area (Å²) in [6.07, 6.45) is 4.76. The van der Waals surface area contributed by atoms with Crippen molar-refractivity contribution >= 4 is 11.8 Å². The van der Waals surface area contributed by atoms with E-state index >= 15 is 0 Å². The summed E-state index contributed by atoms with van der Waals surface area (Å²) in [7, 11) is 0. The number of carbonyl (C=O) groups excluding carboxylic acids is 2. The summed E-state index contributed by atoms with van der Waals surface area (Å²) in [5, 5.41) is 5.71. The van der Waals surface area contributed by atoms with Gasteiger partial charge in [0.1, 0.15) is 6.04 Å². The lowest BCUT2D eigenvalue weighted by Gasteiger charge is -2.17. The molecule has 1 aromatic carbocycles. The molecule has 0 unspecified atom stereocenters. The summed E-state index contributed by atoms with van der Waals surface area (Å²) in [5.74, 6) is -0.462. The number of fused-ring (bicyclic) bond motifs is 1. The average Bonchev–Trinajstić information content (AvgIpc) is 2.97. The molecule has 3 rings (SSSR count). The first-order valence-electron chi connectivity index (χ1n) is 7.71. The second-order valence-electron chi connectivity index (χ2n) is 5.82. The van der Waals surface area contributed by atoms with E-state index in [1.54, 1.807) is 25.3 Å². The lowest BCUT2D eigenvalue weighted by Crippen LogP contribution is -2.48. The smallest absolute Gasteiger partial charge is 0.253 e. The van der Waals surface area contributed by atoms with Gasteiger partial charge in [0.25, 0.3) is 5.91 Å². The Morgan fingerprint density at radius 2 is 1.83 bits per heavy atom. The molecule has 118 valence electrons. The molecule has 2 N–H and O–H groups in total. The maximum absolute atomic E-state index is 12.3. The minimum atomic E-state index is -0.591. The van der Waals surface area contributed by atoms with Crippen molar-refractivity contribution in [3.8, 4) is 0 Å². The Hall–Kier alpha value is -2.69. The Bertz CT molecular complexity index is 690. The molecule has 1 aromatic heterocycles. The predicted octanol–water partition coefficient (Wildman–Crippen LogP) is 1.48. The first kappa shape index (κ1) is 15.2. The normalized spacial score (nSPS) is 14.8. The third-order valence-electron chi connectivity index (χ3n) is 4.06. The van der Waals surface area contributed by atoms with Gasteiger partial charge in [0, 0.05) is 18.4 Å². The van der Waals surface area contributed by atoms with Crippen molar-refractivity contribution in [3.63, 3.8) is 0 Å². The van der Waals surface area contributed by atoms with Gasteiger partial charge in [-0.25, -0.2) is 0 Å². The Kier molecular flexibility index (Phi) is 4.37. The topological polar surface area (TPSA) is 71.1 Å². The van der Waals surface area contributed by atoms with Crippen molar-refractivity contribution in [2.24, 2.45) is 0 Å². The van der Waals surface area contributed by atoms with Crippen molar-refractivity contribution in [1.82, 2.24) is 15.6 Å². The first-order valence-corrected chi connectivity index (χ1v) is 7.71. The zero-order chi connectivity index (χ0) is 16.2. The molecule has 5 heteroatoms. The molecule has 2 aromatic rings. The number of nitrogens with one attached hydrogen (secondary N) is 2. The molecule has 0 radical (unpaired) electrons. The Labute approximate surface area is 135 Å². The molecule has 5 nitrogen and oxygen atoms in total. The van der Waals surface area contributed by atoms with Crippen molar-refractivity contribution in [3.05, 3.63) is 65.5 Å². The number of benzene rings is 1. The van der Waals surface area contributed by atoms with Crippen LogP contribution in [0.1, 0.15) is 28.4 Å². The molecule has 0 spiro atoms. The highest BCUT2D eigenvalue weighted by Crippen LogP contribution is 2.21. The molecule has 0 fully saturated rings. The van der Waals surface area contributed by atoms with E-state index in [1.807, 2.05) is 12.1 Å². The first-order chi connectivity index (χ1) is 11.1. The Balaban J connectivity index is 1.54. The summed E-state index contributed by atoms with van der Waals surface area (Å²) in [5.41, 5.74) is 3.01. The Morgan fingerprint density at radius 3 is 2.43 bits per heavy atom. The number of amides is 2. The van der Waals surface area contributed by atoms with Crippen LogP contribution < -0.4 is 10.6 Å². The molecule has 2 amide bonds. The summed E-state index contributed by atoms with van der Waals surface area (Å²) >= 11 is 0. The second-order valence-corrected chi connectivity index (χ2v) is 5.82. The molecule has 1 aliphatic rings. The van der Waals surface area contributed by atoms with Gasteiger partial charge in [-0.05, 0) is 43.0 Å². The molecular weight excluding hydrogens is 290 g/mol. The maximum atomic E-state index is 12.3. The van der Waals surface area contributed by atoms with E-state index in [4.69, 9.17) is 0 Å². The lowest BCUT2D eigenvalue weighted by molar-refractivity contribution is -0.123. The van der Waals surface area contributed by atoms with E-state index < -0.39 is 6.04 Å². The van der Waals surface area contributed by atoms with Gasteiger partial charge in [-0.15, -0.1) is 0 Å². The number of hydrogen-bond donors (Lipinski definition) is 2. The van der Waals surface area contributed by atoms with Gasteiger partial charge in [-0.2, -0.15) is 0 Å². The number of nitrogens with zero attached hydrogens (tertiary/aromatic N) is 1. The fourth-order valence-corrected chi connectivity index (χ4v) is 2.83. The molecule has 1 heterocycles. The minimum Gasteiger partial charge on any atom is -0.351 e. The SMILES string of the molecule is C[C@@H](NC(=O)c1cccnc1)C(=O)NC1Cc2ccccc2C1. The van der Waals surface area contributed by atoms with E-state index in [0.29, 0.717) is 5.56 Å². The fraction of sp³-hybridized carbons (Fsp3) is 0.278. The van der Waals surface area contributed by atoms with Gasteiger partial charge in [-0.1, -0.05) is 24.3 Å². The quantitative estimate of drug-likeness (QED) is 0.899. The molecular formula is C18H19N3O2. The maximum Gasteiger partial charge on any atom is 0.253 e. The molecule has 23 heavy (non-hydrogen) atoms. The molecule has 1 aliphatic carbocycles. The number of aromatic nitrogens is 1. The monoisotopic (exact) mass is 309 g/mol. The summed E-state index contributed by atoms with van der Waals surface area (Å²) in [6, 6.07) is 11.1. The van der Waals surface area contributed by atoms with Crippen LogP contribution in [0.3, 0.4) is 0 Å². The summed E-state index contributed by atoms with van der Waals surface area (Å²) in [6.45, 7) is 1.69. The highest BCUT2D eigenvalue weighted by molar-refractivity contribution is 5.97. The second kappa shape index (κ2) is 6.60. The van der Waals surface area contributed by atoms with Crippen LogP contribution in [-0.4, -0.2) is 28.9 Å². The van der Waals surface area contributed by atoms with E-state index in [0.717, 1.165) is 12.8 Å². The summed E-state index contributed by atoms with van der Waals surface area (Å²) in [4.78, 5) is 28.2. The summed E-state index contributed by atoms with van der Waals surface area (Å²) < 4.78 is 0. The molecule has 0 aliphatic heterocycles. The Morgan fingerprint density at radius 1 is 1.13 bits per heavy atom. The lowest BCUT2D eigenvalue weighted by atomic mass is 10.1. The third kappa shape index (κ3) is 3.56. The minimum absolute atomic E-state index is 0.0950. The van der Waals surface area contributed by atoms with E-state index in [-0.39, 0.29) is 17.9 Å². The zero-order valence-corrected chi connectivity index (χ0v) is 13.0. The molecule has 1 atom stereocenters. The zero-order valence-electron chi connectivity index (χ0n) is 13.0. The molecule has 0 saturated heterocycles. The van der Waals surface area contributed by atoms with Crippen molar-refractivity contribution < 1.29 is 9.59 Å². The van der Waals surface area contributed by atoms with Crippen LogP contribution in [0.25, 0.3) is 0 Å². The van der Waals surface area contributed by atoms with Crippen LogP contribution in [0.2, 0.25) is 0 Å². The van der Waals surface area contributed by atoms with Crippen molar-refractivity contribution in [2.75, 3.05) is 0 Å².